The van der Waals surface area contributed by atoms with Gasteiger partial charge in [0.1, 0.15) is 0 Å². The standard InChI is InChI=1S/C4H6N2OS/c7-2-1-4-3-5-6-8-4/h3,7H,1-2H2/p+1. The molecule has 0 aliphatic rings. The summed E-state index contributed by atoms with van der Waals surface area (Å²) in [6.45, 7) is 0.204. The third-order valence-electron chi connectivity index (χ3n) is 0.799. The van der Waals surface area contributed by atoms with Gasteiger partial charge in [0.2, 0.25) is 6.20 Å². The van der Waals surface area contributed by atoms with Gasteiger partial charge in [-0.25, -0.2) is 0 Å². The number of aromatic amines is 1. The van der Waals surface area contributed by atoms with Gasteiger partial charge < -0.3 is 5.11 Å². The van der Waals surface area contributed by atoms with E-state index in [0.29, 0.717) is 6.42 Å². The van der Waals surface area contributed by atoms with Gasteiger partial charge in [-0.1, -0.05) is 5.10 Å². The Kier molecular flexibility index (Phi) is 1.93. The second-order valence-corrected chi connectivity index (χ2v) is 2.29. The van der Waals surface area contributed by atoms with Crippen LogP contribution in [0.4, 0.5) is 0 Å². The Bertz CT molecular complexity index is 140. The number of H-pyrrole nitrogens is 1. The van der Waals surface area contributed by atoms with Crippen molar-refractivity contribution in [3.8, 4) is 0 Å². The highest BCUT2D eigenvalue weighted by molar-refractivity contribution is 7.05. The molecule has 4 heteroatoms. The first-order valence-electron chi connectivity index (χ1n) is 2.36. The average molecular weight is 131 g/mol. The molecule has 1 aromatic rings. The summed E-state index contributed by atoms with van der Waals surface area (Å²) in [6.07, 6.45) is 2.50. The van der Waals surface area contributed by atoms with Crippen molar-refractivity contribution in [1.29, 1.82) is 0 Å². The van der Waals surface area contributed by atoms with E-state index in [0.717, 1.165) is 4.88 Å². The molecule has 0 aromatic carbocycles. The number of aromatic nitrogens is 2. The van der Waals surface area contributed by atoms with Gasteiger partial charge in [-0.05, 0) is 0 Å². The average Bonchev–Trinajstić information content (AvgIpc) is 2.19. The molecule has 0 saturated heterocycles. The molecule has 0 fully saturated rings. The summed E-state index contributed by atoms with van der Waals surface area (Å²) in [7, 11) is 0. The van der Waals surface area contributed by atoms with Crippen LogP contribution in [-0.2, 0) is 6.42 Å². The van der Waals surface area contributed by atoms with Gasteiger partial charge in [0.05, 0.1) is 9.37 Å². The van der Waals surface area contributed by atoms with Crippen LogP contribution in [0.15, 0.2) is 6.20 Å². The van der Waals surface area contributed by atoms with E-state index in [9.17, 15) is 0 Å². The lowest BCUT2D eigenvalue weighted by Gasteiger charge is -1.79. The molecule has 44 valence electrons. The zero-order valence-electron chi connectivity index (χ0n) is 4.29. The van der Waals surface area contributed by atoms with Crippen LogP contribution in [0.1, 0.15) is 4.88 Å². The molecule has 1 rings (SSSR count). The van der Waals surface area contributed by atoms with Crippen molar-refractivity contribution in [2.75, 3.05) is 6.61 Å². The van der Waals surface area contributed by atoms with E-state index in [-0.39, 0.29) is 6.61 Å². The first-order chi connectivity index (χ1) is 3.93. The number of rotatable bonds is 2. The molecule has 0 radical (unpaired) electrons. The SMILES string of the molecule is OCCc1c[nH+]ns1. The summed E-state index contributed by atoms with van der Waals surface area (Å²) in [4.78, 5) is 1.09. The highest BCUT2D eigenvalue weighted by Crippen LogP contribution is 1.98. The zero-order valence-corrected chi connectivity index (χ0v) is 5.11. The van der Waals surface area contributed by atoms with E-state index >= 15 is 0 Å². The predicted octanol–water partition coefficient (Wildman–Crippen LogP) is -0.508. The van der Waals surface area contributed by atoms with Crippen LogP contribution in [0.2, 0.25) is 0 Å². The molecule has 8 heavy (non-hydrogen) atoms. The molecule has 0 bridgehead atoms. The number of nitrogens with one attached hydrogen (secondary N) is 1. The lowest BCUT2D eigenvalue weighted by atomic mass is 10.4. The summed E-state index contributed by atoms with van der Waals surface area (Å²) in [5.74, 6) is 0. The van der Waals surface area contributed by atoms with Crippen LogP contribution in [-0.4, -0.2) is 16.2 Å². The van der Waals surface area contributed by atoms with E-state index in [4.69, 9.17) is 5.11 Å². The van der Waals surface area contributed by atoms with Crippen LogP contribution in [0.25, 0.3) is 0 Å². The van der Waals surface area contributed by atoms with Crippen LogP contribution in [0, 0.1) is 0 Å². The van der Waals surface area contributed by atoms with Crippen LogP contribution < -0.4 is 5.10 Å². The van der Waals surface area contributed by atoms with Crippen molar-refractivity contribution in [3.63, 3.8) is 0 Å². The van der Waals surface area contributed by atoms with E-state index < -0.39 is 0 Å². The lowest BCUT2D eigenvalue weighted by Crippen LogP contribution is -1.96. The predicted molar refractivity (Wildman–Crippen MR) is 29.5 cm³/mol. The lowest BCUT2D eigenvalue weighted by molar-refractivity contribution is -0.443. The number of aliphatic hydroxyl groups excluding tert-OH is 1. The van der Waals surface area contributed by atoms with Gasteiger partial charge >= 0.3 is 0 Å². The molecule has 0 unspecified atom stereocenters. The Morgan fingerprint density at radius 1 is 1.88 bits per heavy atom. The zero-order chi connectivity index (χ0) is 5.82. The first-order valence-corrected chi connectivity index (χ1v) is 3.13. The Labute approximate surface area is 51.1 Å². The fraction of sp³-hybridized carbons (Fsp3) is 0.500. The van der Waals surface area contributed by atoms with Crippen molar-refractivity contribution in [3.05, 3.63) is 11.1 Å². The van der Waals surface area contributed by atoms with Gasteiger partial charge in [-0.3, -0.25) is 0 Å². The number of hydrogen-bond donors (Lipinski definition) is 1. The van der Waals surface area contributed by atoms with Crippen LogP contribution in [0.5, 0.6) is 0 Å². The minimum Gasteiger partial charge on any atom is -0.396 e. The molecule has 1 heterocycles. The van der Waals surface area contributed by atoms with Crippen LogP contribution >= 0.6 is 11.5 Å². The summed E-state index contributed by atoms with van der Waals surface area (Å²) < 4.78 is 3.75. The smallest absolute Gasteiger partial charge is 0.209 e. The first kappa shape index (κ1) is 5.65. The molecule has 2 N–H and O–H groups in total. The highest BCUT2D eigenvalue weighted by Gasteiger charge is 1.96. The van der Waals surface area contributed by atoms with Crippen molar-refractivity contribution in [2.45, 2.75) is 6.42 Å². The third-order valence-corrected chi connectivity index (χ3v) is 1.55. The fourth-order valence-corrected chi connectivity index (χ4v) is 0.948. The maximum Gasteiger partial charge on any atom is 0.209 e. The van der Waals surface area contributed by atoms with Crippen molar-refractivity contribution >= 4 is 11.5 Å². The van der Waals surface area contributed by atoms with E-state index in [2.05, 4.69) is 9.59 Å². The molecule has 0 amide bonds. The van der Waals surface area contributed by atoms with Gasteiger partial charge in [-0.15, -0.1) is 0 Å². The second kappa shape index (κ2) is 2.74. The molecule has 0 spiro atoms. The largest absolute Gasteiger partial charge is 0.396 e. The quantitative estimate of drug-likeness (QED) is 0.587. The van der Waals surface area contributed by atoms with Crippen molar-refractivity contribution < 1.29 is 10.2 Å². The van der Waals surface area contributed by atoms with Gasteiger partial charge in [0.25, 0.3) is 0 Å². The van der Waals surface area contributed by atoms with E-state index in [1.54, 1.807) is 6.20 Å². The molecule has 3 nitrogen and oxygen atoms in total. The summed E-state index contributed by atoms with van der Waals surface area (Å²) in [6, 6.07) is 0. The molecule has 0 aliphatic carbocycles. The molecular weight excluding hydrogens is 124 g/mol. The van der Waals surface area contributed by atoms with Crippen molar-refractivity contribution in [1.82, 2.24) is 4.49 Å². The Balaban J connectivity index is 2.50. The number of aliphatic hydroxyl groups is 1. The molecule has 0 atom stereocenters. The molecule has 0 saturated carbocycles. The topological polar surface area (TPSA) is 47.3 Å². The minimum absolute atomic E-state index is 0.204. The summed E-state index contributed by atoms with van der Waals surface area (Å²) >= 11 is 1.38. The fourth-order valence-electron chi connectivity index (χ4n) is 0.438. The highest BCUT2D eigenvalue weighted by atomic mass is 32.1. The van der Waals surface area contributed by atoms with E-state index in [1.807, 2.05) is 0 Å². The normalized spacial score (nSPS) is 9.62. The summed E-state index contributed by atoms with van der Waals surface area (Å²) in [5, 5.41) is 11.1. The monoisotopic (exact) mass is 131 g/mol. The van der Waals surface area contributed by atoms with Crippen LogP contribution in [0.3, 0.4) is 0 Å². The molecule has 1 aromatic heterocycles. The van der Waals surface area contributed by atoms with Gasteiger partial charge in [0, 0.05) is 24.6 Å². The number of hydrogen-bond acceptors (Lipinski definition) is 3. The molecular formula is C4H7N2OS+. The Morgan fingerprint density at radius 3 is 3.25 bits per heavy atom. The van der Waals surface area contributed by atoms with Crippen molar-refractivity contribution in [2.24, 2.45) is 0 Å². The number of nitrogens with zero attached hydrogens (tertiary/aromatic N) is 1. The summed E-state index contributed by atoms with van der Waals surface area (Å²) in [5.41, 5.74) is 0. The maximum absolute atomic E-state index is 8.40. The molecule has 0 aliphatic heterocycles. The van der Waals surface area contributed by atoms with Gasteiger partial charge in [0.15, 0.2) is 0 Å². The Morgan fingerprint density at radius 2 is 2.75 bits per heavy atom. The van der Waals surface area contributed by atoms with E-state index in [1.165, 1.54) is 11.5 Å². The maximum atomic E-state index is 8.40. The Hall–Kier alpha value is -0.480. The minimum atomic E-state index is 0.204. The van der Waals surface area contributed by atoms with Gasteiger partial charge in [-0.2, -0.15) is 0 Å². The third kappa shape index (κ3) is 1.24. The second-order valence-electron chi connectivity index (χ2n) is 1.40.